The van der Waals surface area contributed by atoms with Crippen molar-refractivity contribution in [2.24, 2.45) is 0 Å². The molecule has 49 heavy (non-hydrogen) atoms. The normalized spacial score (nSPS) is 14.8. The minimum Gasteiger partial charge on any atom is -0.302 e. The second-order valence-electron chi connectivity index (χ2n) is 12.1. The van der Waals surface area contributed by atoms with Crippen LogP contribution in [0.4, 0.5) is 0 Å². The zero-order valence-corrected chi connectivity index (χ0v) is 28.7. The molecule has 6 aromatic carbocycles. The molecular weight excluding hydrogens is 780 g/mol. The van der Waals surface area contributed by atoms with Gasteiger partial charge in [-0.25, -0.2) is 21.1 Å². The van der Waals surface area contributed by atoms with Crippen LogP contribution in [0.1, 0.15) is 45.7 Å². The van der Waals surface area contributed by atoms with Crippen LogP contribution in [0.2, 0.25) is 0 Å². The molecule has 0 spiro atoms. The van der Waals surface area contributed by atoms with Crippen LogP contribution in [-0.2, 0) is 21.1 Å². The van der Waals surface area contributed by atoms with Gasteiger partial charge in [0.25, 0.3) is 0 Å². The first-order valence-corrected chi connectivity index (χ1v) is 16.2. The Bertz CT molecular complexity index is 2180. The number of rotatable bonds is 4. The SMILES string of the molecule is [Pt+2].[c-]1c2cccc1C(c1ccccc1)c1nc(cn1-c1ccccc1)-c1cn(-c3ccccc3)c(n1)C(c1ccccc1)c1[c-]c-2ccc1. The van der Waals surface area contributed by atoms with Gasteiger partial charge in [-0.2, -0.15) is 36.4 Å². The van der Waals surface area contributed by atoms with Crippen LogP contribution in [0.5, 0.6) is 0 Å². The second kappa shape index (κ2) is 13.1. The Morgan fingerprint density at radius 3 is 1.16 bits per heavy atom. The van der Waals surface area contributed by atoms with E-state index >= 15 is 0 Å². The number of imidazole rings is 2. The molecular formula is C44H30N4Pt. The minimum atomic E-state index is -0.182. The molecule has 2 atom stereocenters. The average Bonchev–Trinajstić information content (AvgIpc) is 3.79. The Labute approximate surface area is 300 Å². The molecule has 5 heteroatoms. The number of benzene rings is 6. The van der Waals surface area contributed by atoms with Gasteiger partial charge in [0.15, 0.2) is 0 Å². The van der Waals surface area contributed by atoms with Gasteiger partial charge in [0.05, 0.1) is 0 Å². The predicted octanol–water partition coefficient (Wildman–Crippen LogP) is 9.66. The van der Waals surface area contributed by atoms with Gasteiger partial charge < -0.3 is 9.13 Å². The van der Waals surface area contributed by atoms with Crippen LogP contribution >= 0.6 is 0 Å². The molecule has 9 rings (SSSR count). The summed E-state index contributed by atoms with van der Waals surface area (Å²) in [5.74, 6) is 1.44. The second-order valence-corrected chi connectivity index (χ2v) is 12.1. The molecule has 0 fully saturated rings. The molecule has 0 aliphatic carbocycles. The molecule has 0 saturated heterocycles. The molecule has 2 unspecified atom stereocenters. The van der Waals surface area contributed by atoms with E-state index < -0.39 is 0 Å². The standard InChI is InChI=1S/C44H30N4.Pt/c1-5-15-31(16-6-1)41-35-21-13-19-33(27-35)34-20-14-22-36(28-34)42(32-17-7-2-8-18-32)44-46-40(30-48(44)38-25-11-4-12-26-38)39-29-47(43(41)45-39)37-23-9-3-10-24-37;/h1-26,29-30,41-42H;/q-2;+2. The van der Waals surface area contributed by atoms with Crippen LogP contribution in [-0.4, -0.2) is 19.1 Å². The zero-order chi connectivity index (χ0) is 31.9. The van der Waals surface area contributed by atoms with Crippen molar-refractivity contribution in [2.45, 2.75) is 11.8 Å². The molecule has 236 valence electrons. The van der Waals surface area contributed by atoms with Crippen LogP contribution in [0.15, 0.2) is 170 Å². The van der Waals surface area contributed by atoms with E-state index in [1.165, 1.54) is 0 Å². The first kappa shape index (κ1) is 30.7. The molecule has 8 bridgehead atoms. The van der Waals surface area contributed by atoms with E-state index in [-0.39, 0.29) is 32.9 Å². The number of nitrogens with zero attached hydrogens (tertiary/aromatic N) is 4. The van der Waals surface area contributed by atoms with Gasteiger partial charge in [0, 0.05) is 35.6 Å². The van der Waals surface area contributed by atoms with E-state index in [1.807, 2.05) is 12.1 Å². The summed E-state index contributed by atoms with van der Waals surface area (Å²) in [6.45, 7) is 0. The largest absolute Gasteiger partial charge is 2.00 e. The molecule has 1 aliphatic heterocycles. The quantitative estimate of drug-likeness (QED) is 0.166. The Morgan fingerprint density at radius 2 is 0.776 bits per heavy atom. The fourth-order valence-electron chi connectivity index (χ4n) is 6.89. The van der Waals surface area contributed by atoms with E-state index in [1.54, 1.807) is 0 Å². The van der Waals surface area contributed by atoms with Crippen molar-refractivity contribution in [3.63, 3.8) is 0 Å². The summed E-state index contributed by atoms with van der Waals surface area (Å²) in [6, 6.07) is 62.6. The van der Waals surface area contributed by atoms with E-state index in [2.05, 4.69) is 179 Å². The smallest absolute Gasteiger partial charge is 0.302 e. The van der Waals surface area contributed by atoms with Crippen LogP contribution in [0, 0.1) is 12.1 Å². The fourth-order valence-corrected chi connectivity index (χ4v) is 6.89. The van der Waals surface area contributed by atoms with Crippen molar-refractivity contribution in [2.75, 3.05) is 0 Å². The van der Waals surface area contributed by atoms with Crippen molar-refractivity contribution < 1.29 is 21.1 Å². The first-order chi connectivity index (χ1) is 23.8. The summed E-state index contributed by atoms with van der Waals surface area (Å²) >= 11 is 0. The van der Waals surface area contributed by atoms with Crippen molar-refractivity contribution in [1.82, 2.24) is 19.1 Å². The van der Waals surface area contributed by atoms with Gasteiger partial charge >= 0.3 is 21.1 Å². The maximum absolute atomic E-state index is 5.45. The zero-order valence-electron chi connectivity index (χ0n) is 26.4. The van der Waals surface area contributed by atoms with Crippen molar-refractivity contribution in [1.29, 1.82) is 0 Å². The van der Waals surface area contributed by atoms with Gasteiger partial charge in [-0.15, -0.1) is 23.3 Å². The molecule has 0 radical (unpaired) electrons. The molecule has 8 aromatic rings. The number of para-hydroxylation sites is 2. The average molecular weight is 810 g/mol. The molecule has 0 N–H and O–H groups in total. The van der Waals surface area contributed by atoms with E-state index in [0.717, 1.165) is 67.8 Å². The van der Waals surface area contributed by atoms with Crippen molar-refractivity contribution in [3.05, 3.63) is 216 Å². The summed E-state index contributed by atoms with van der Waals surface area (Å²) in [7, 11) is 0. The van der Waals surface area contributed by atoms with Crippen LogP contribution < -0.4 is 0 Å². The Balaban J connectivity index is 0.00000348. The molecule has 1 aliphatic rings. The Hall–Kier alpha value is -5.57. The number of fused-ring (bicyclic) bond motifs is 10. The summed E-state index contributed by atoms with van der Waals surface area (Å²) in [5.41, 5.74) is 10.0. The number of aromatic nitrogens is 4. The molecule has 2 aromatic heterocycles. The van der Waals surface area contributed by atoms with Gasteiger partial charge in [0.1, 0.15) is 23.0 Å². The molecule has 0 saturated carbocycles. The van der Waals surface area contributed by atoms with Crippen LogP contribution in [0.3, 0.4) is 0 Å². The van der Waals surface area contributed by atoms with E-state index in [0.29, 0.717) is 0 Å². The van der Waals surface area contributed by atoms with Gasteiger partial charge in [-0.05, 0) is 35.4 Å². The van der Waals surface area contributed by atoms with E-state index in [4.69, 9.17) is 9.97 Å². The Morgan fingerprint density at radius 1 is 0.408 bits per heavy atom. The van der Waals surface area contributed by atoms with Gasteiger partial charge in [-0.1, -0.05) is 97.1 Å². The molecule has 0 amide bonds. The third-order valence-corrected chi connectivity index (χ3v) is 9.13. The van der Waals surface area contributed by atoms with Crippen LogP contribution in [0.25, 0.3) is 33.9 Å². The topological polar surface area (TPSA) is 35.6 Å². The molecule has 4 nitrogen and oxygen atoms in total. The van der Waals surface area contributed by atoms with Gasteiger partial charge in [-0.3, -0.25) is 0 Å². The summed E-state index contributed by atoms with van der Waals surface area (Å²) in [5, 5.41) is 0. The third-order valence-electron chi connectivity index (χ3n) is 9.13. The molecule has 3 heterocycles. The summed E-state index contributed by atoms with van der Waals surface area (Å²) in [6.07, 6.45) is 4.27. The Kier molecular flexibility index (Phi) is 8.25. The number of hydrogen-bond donors (Lipinski definition) is 0. The summed E-state index contributed by atoms with van der Waals surface area (Å²) in [4.78, 5) is 10.9. The van der Waals surface area contributed by atoms with E-state index in [9.17, 15) is 0 Å². The van der Waals surface area contributed by atoms with Crippen molar-refractivity contribution >= 4 is 0 Å². The van der Waals surface area contributed by atoms with Gasteiger partial charge in [0.2, 0.25) is 0 Å². The first-order valence-electron chi connectivity index (χ1n) is 16.2. The third kappa shape index (κ3) is 5.69. The predicted molar refractivity (Wildman–Crippen MR) is 190 cm³/mol. The van der Waals surface area contributed by atoms with Crippen molar-refractivity contribution in [3.8, 4) is 33.9 Å². The minimum absolute atomic E-state index is 0. The fraction of sp³-hybridized carbons (Fsp3) is 0.0455. The maximum atomic E-state index is 5.45. The summed E-state index contributed by atoms with van der Waals surface area (Å²) < 4.78 is 4.44. The monoisotopic (exact) mass is 809 g/mol. The number of hydrogen-bond acceptors (Lipinski definition) is 2. The maximum Gasteiger partial charge on any atom is 2.00 e.